The zero-order valence-corrected chi connectivity index (χ0v) is 15.1. The van der Waals surface area contributed by atoms with Crippen LogP contribution >= 0.6 is 31.9 Å². The molecular formula is C13H17Br2NO3S. The van der Waals surface area contributed by atoms with Gasteiger partial charge in [0, 0.05) is 15.0 Å². The number of benzene rings is 1. The molecule has 0 aromatic heterocycles. The van der Waals surface area contributed by atoms with Crippen molar-refractivity contribution in [1.29, 1.82) is 0 Å². The second-order valence-corrected chi connectivity index (χ2v) is 8.50. The summed E-state index contributed by atoms with van der Waals surface area (Å²) < 4.78 is 28.8. The third-order valence-corrected chi connectivity index (χ3v) is 6.84. The van der Waals surface area contributed by atoms with Gasteiger partial charge in [0.25, 0.3) is 0 Å². The molecule has 7 heteroatoms. The Balaban J connectivity index is 2.28. The van der Waals surface area contributed by atoms with E-state index in [4.69, 9.17) is 0 Å². The van der Waals surface area contributed by atoms with Crippen LogP contribution in [-0.4, -0.2) is 25.7 Å². The lowest BCUT2D eigenvalue weighted by molar-refractivity contribution is 0.101. The van der Waals surface area contributed by atoms with E-state index in [2.05, 4.69) is 36.6 Å². The van der Waals surface area contributed by atoms with E-state index in [1.165, 1.54) is 0 Å². The molecule has 0 spiro atoms. The highest BCUT2D eigenvalue weighted by Gasteiger charge is 2.29. The van der Waals surface area contributed by atoms with Crippen molar-refractivity contribution in [2.75, 3.05) is 0 Å². The SMILES string of the molecule is Cc1cc(Br)c(S(=O)(=O)NC2CCCCC2O)cc1Br. The minimum Gasteiger partial charge on any atom is -0.391 e. The number of aliphatic hydroxyl groups is 1. The molecule has 1 aliphatic rings. The zero-order chi connectivity index (χ0) is 14.9. The van der Waals surface area contributed by atoms with Gasteiger partial charge < -0.3 is 5.11 Å². The van der Waals surface area contributed by atoms with Gasteiger partial charge in [0.2, 0.25) is 10.0 Å². The Morgan fingerprint density at radius 1 is 1.20 bits per heavy atom. The molecule has 0 saturated heterocycles. The number of rotatable bonds is 3. The normalized spacial score (nSPS) is 23.8. The molecule has 2 rings (SSSR count). The van der Waals surface area contributed by atoms with E-state index in [9.17, 15) is 13.5 Å². The summed E-state index contributed by atoms with van der Waals surface area (Å²) in [7, 11) is -3.65. The minimum atomic E-state index is -3.65. The predicted molar refractivity (Wildman–Crippen MR) is 85.2 cm³/mol. The molecule has 0 radical (unpaired) electrons. The predicted octanol–water partition coefficient (Wildman–Crippen LogP) is 3.10. The van der Waals surface area contributed by atoms with Gasteiger partial charge in [-0.3, -0.25) is 0 Å². The smallest absolute Gasteiger partial charge is 0.242 e. The molecule has 1 aliphatic carbocycles. The van der Waals surface area contributed by atoms with Crippen molar-refractivity contribution in [2.24, 2.45) is 0 Å². The van der Waals surface area contributed by atoms with Crippen molar-refractivity contribution < 1.29 is 13.5 Å². The van der Waals surface area contributed by atoms with Crippen LogP contribution in [0.5, 0.6) is 0 Å². The van der Waals surface area contributed by atoms with E-state index < -0.39 is 22.2 Å². The van der Waals surface area contributed by atoms with Gasteiger partial charge in [0.15, 0.2) is 0 Å². The molecule has 2 N–H and O–H groups in total. The number of aliphatic hydroxyl groups excluding tert-OH is 1. The first-order valence-corrected chi connectivity index (χ1v) is 9.54. The molecule has 20 heavy (non-hydrogen) atoms. The monoisotopic (exact) mass is 425 g/mol. The third-order valence-electron chi connectivity index (χ3n) is 3.54. The molecular weight excluding hydrogens is 410 g/mol. The van der Waals surface area contributed by atoms with Crippen LogP contribution in [0.15, 0.2) is 26.0 Å². The molecule has 0 aliphatic heterocycles. The number of hydrogen-bond acceptors (Lipinski definition) is 3. The quantitative estimate of drug-likeness (QED) is 0.780. The standard InChI is InChI=1S/C13H17Br2NO3S/c1-8-6-10(15)13(7-9(8)14)20(18,19)16-11-4-2-3-5-12(11)17/h6-7,11-12,16-17H,2-5H2,1H3. The molecule has 1 aromatic rings. The molecule has 0 amide bonds. The number of nitrogens with one attached hydrogen (secondary N) is 1. The van der Waals surface area contributed by atoms with E-state index in [0.29, 0.717) is 17.3 Å². The third kappa shape index (κ3) is 3.62. The van der Waals surface area contributed by atoms with Crippen molar-refractivity contribution in [3.8, 4) is 0 Å². The Labute approximate surface area is 136 Å². The number of aryl methyl sites for hydroxylation is 1. The lowest BCUT2D eigenvalue weighted by atomic mass is 9.93. The van der Waals surface area contributed by atoms with Gasteiger partial charge >= 0.3 is 0 Å². The first-order chi connectivity index (χ1) is 9.31. The molecule has 1 aromatic carbocycles. The average Bonchev–Trinajstić information content (AvgIpc) is 2.36. The summed E-state index contributed by atoms with van der Waals surface area (Å²) in [4.78, 5) is 0.188. The minimum absolute atomic E-state index is 0.188. The van der Waals surface area contributed by atoms with Crippen LogP contribution in [0, 0.1) is 6.92 Å². The summed E-state index contributed by atoms with van der Waals surface area (Å²) in [6.07, 6.45) is 2.59. The Bertz CT molecular complexity index is 604. The van der Waals surface area contributed by atoms with E-state index in [1.54, 1.807) is 12.1 Å². The van der Waals surface area contributed by atoms with E-state index >= 15 is 0 Å². The largest absolute Gasteiger partial charge is 0.391 e. The summed E-state index contributed by atoms with van der Waals surface area (Å²) in [5.41, 5.74) is 0.952. The maximum absolute atomic E-state index is 12.5. The fourth-order valence-corrected chi connectivity index (χ4v) is 5.33. The van der Waals surface area contributed by atoms with Crippen molar-refractivity contribution in [2.45, 2.75) is 49.6 Å². The zero-order valence-electron chi connectivity index (χ0n) is 11.1. The number of sulfonamides is 1. The Hall–Kier alpha value is 0.0500. The van der Waals surface area contributed by atoms with Crippen molar-refractivity contribution >= 4 is 41.9 Å². The molecule has 112 valence electrons. The van der Waals surface area contributed by atoms with Gasteiger partial charge in [-0.05, 0) is 53.4 Å². The fraction of sp³-hybridized carbons (Fsp3) is 0.538. The maximum Gasteiger partial charge on any atom is 0.242 e. The van der Waals surface area contributed by atoms with Crippen LogP contribution in [0.1, 0.15) is 31.2 Å². The van der Waals surface area contributed by atoms with Crippen LogP contribution in [-0.2, 0) is 10.0 Å². The van der Waals surface area contributed by atoms with Gasteiger partial charge in [0.1, 0.15) is 0 Å². The molecule has 2 unspecified atom stereocenters. The fourth-order valence-electron chi connectivity index (χ4n) is 2.35. The summed E-state index contributed by atoms with van der Waals surface area (Å²) in [6.45, 7) is 1.89. The summed E-state index contributed by atoms with van der Waals surface area (Å²) in [5, 5.41) is 9.90. The van der Waals surface area contributed by atoms with Crippen LogP contribution < -0.4 is 4.72 Å². The second kappa shape index (κ2) is 6.44. The molecule has 0 heterocycles. The Morgan fingerprint density at radius 2 is 1.85 bits per heavy atom. The van der Waals surface area contributed by atoms with Crippen LogP contribution in [0.2, 0.25) is 0 Å². The first-order valence-electron chi connectivity index (χ1n) is 6.47. The molecule has 1 saturated carbocycles. The highest BCUT2D eigenvalue weighted by Crippen LogP contribution is 2.29. The second-order valence-electron chi connectivity index (χ2n) is 5.11. The van der Waals surface area contributed by atoms with Gasteiger partial charge in [-0.2, -0.15) is 0 Å². The summed E-state index contributed by atoms with van der Waals surface area (Å²) in [5.74, 6) is 0. The molecule has 0 bridgehead atoms. The highest BCUT2D eigenvalue weighted by molar-refractivity contribution is 9.11. The highest BCUT2D eigenvalue weighted by atomic mass is 79.9. The topological polar surface area (TPSA) is 66.4 Å². The maximum atomic E-state index is 12.5. The average molecular weight is 427 g/mol. The van der Waals surface area contributed by atoms with Crippen LogP contribution in [0.3, 0.4) is 0 Å². The summed E-state index contributed by atoms with van der Waals surface area (Å²) >= 11 is 6.64. The van der Waals surface area contributed by atoms with Gasteiger partial charge in [-0.15, -0.1) is 0 Å². The van der Waals surface area contributed by atoms with Gasteiger partial charge in [-0.1, -0.05) is 28.8 Å². The van der Waals surface area contributed by atoms with Crippen molar-refractivity contribution in [3.05, 3.63) is 26.6 Å². The lowest BCUT2D eigenvalue weighted by Gasteiger charge is -2.28. The summed E-state index contributed by atoms with van der Waals surface area (Å²) in [6, 6.07) is 2.94. The molecule has 4 nitrogen and oxygen atoms in total. The van der Waals surface area contributed by atoms with E-state index in [1.807, 2.05) is 6.92 Å². The van der Waals surface area contributed by atoms with Gasteiger partial charge in [0.05, 0.1) is 11.0 Å². The lowest BCUT2D eigenvalue weighted by Crippen LogP contribution is -2.45. The van der Waals surface area contributed by atoms with E-state index in [-0.39, 0.29) is 4.90 Å². The van der Waals surface area contributed by atoms with Crippen LogP contribution in [0.4, 0.5) is 0 Å². The molecule has 2 atom stereocenters. The van der Waals surface area contributed by atoms with Crippen molar-refractivity contribution in [1.82, 2.24) is 4.72 Å². The number of hydrogen-bond donors (Lipinski definition) is 2. The van der Waals surface area contributed by atoms with Crippen molar-refractivity contribution in [3.63, 3.8) is 0 Å². The first kappa shape index (κ1) is 16.4. The number of halogens is 2. The van der Waals surface area contributed by atoms with Gasteiger partial charge in [-0.25, -0.2) is 13.1 Å². The van der Waals surface area contributed by atoms with E-state index in [0.717, 1.165) is 22.9 Å². The van der Waals surface area contributed by atoms with Crippen LogP contribution in [0.25, 0.3) is 0 Å². The molecule has 1 fully saturated rings. The Morgan fingerprint density at radius 3 is 2.50 bits per heavy atom. The Kier molecular flexibility index (Phi) is 5.29.